The Balaban J connectivity index is 2.21. The van der Waals surface area contributed by atoms with Gasteiger partial charge in [-0.3, -0.25) is 0 Å². The minimum atomic E-state index is 0.161. The summed E-state index contributed by atoms with van der Waals surface area (Å²) in [4.78, 5) is 0. The van der Waals surface area contributed by atoms with Gasteiger partial charge in [-0.2, -0.15) is 0 Å². The van der Waals surface area contributed by atoms with E-state index in [0.29, 0.717) is 6.61 Å². The summed E-state index contributed by atoms with van der Waals surface area (Å²) in [7, 11) is 0. The lowest BCUT2D eigenvalue weighted by Crippen LogP contribution is -2.27. The molecular weight excluding hydrogens is 246 g/mol. The van der Waals surface area contributed by atoms with Crippen LogP contribution in [-0.4, -0.2) is 11.2 Å². The van der Waals surface area contributed by atoms with Gasteiger partial charge in [0, 0.05) is 27.0 Å². The first kappa shape index (κ1) is 11.8. The first-order valence-corrected chi connectivity index (χ1v) is 7.33. The summed E-state index contributed by atoms with van der Waals surface area (Å²) in [5.41, 5.74) is 1.49. The highest BCUT2D eigenvalue weighted by atomic mass is 16.5. The Morgan fingerprint density at radius 3 is 2.75 bits per heavy atom. The fourth-order valence-corrected chi connectivity index (χ4v) is 3.58. The van der Waals surface area contributed by atoms with E-state index in [1.54, 1.807) is 0 Å². The van der Waals surface area contributed by atoms with Gasteiger partial charge in [-0.25, -0.2) is 0 Å². The van der Waals surface area contributed by atoms with E-state index in [0.717, 1.165) is 12.2 Å². The van der Waals surface area contributed by atoms with Crippen molar-refractivity contribution in [3.05, 3.63) is 35.7 Å². The molecule has 1 aliphatic heterocycles. The molecule has 102 valence electrons. The Hall–Kier alpha value is -1.96. The number of hydrogen-bond donors (Lipinski definition) is 0. The summed E-state index contributed by atoms with van der Waals surface area (Å²) in [5.74, 6) is 0.993. The number of fused-ring (bicyclic) bond motifs is 3. The van der Waals surface area contributed by atoms with Crippen molar-refractivity contribution in [2.75, 3.05) is 6.61 Å². The van der Waals surface area contributed by atoms with Crippen LogP contribution < -0.4 is 10.1 Å². The van der Waals surface area contributed by atoms with Crippen LogP contribution in [0.25, 0.3) is 27.8 Å². The van der Waals surface area contributed by atoms with Crippen molar-refractivity contribution >= 4 is 27.8 Å². The lowest BCUT2D eigenvalue weighted by Gasteiger charge is -2.23. The summed E-state index contributed by atoms with van der Waals surface area (Å²) in [6.07, 6.45) is 3.47. The van der Waals surface area contributed by atoms with Crippen molar-refractivity contribution in [2.24, 2.45) is 0 Å². The molecule has 20 heavy (non-hydrogen) atoms. The molecule has 0 amide bonds. The highest BCUT2D eigenvalue weighted by Gasteiger charge is 2.28. The molecule has 2 aromatic carbocycles. The van der Waals surface area contributed by atoms with Crippen LogP contribution in [0.3, 0.4) is 0 Å². The van der Waals surface area contributed by atoms with E-state index >= 15 is 0 Å². The van der Waals surface area contributed by atoms with Gasteiger partial charge in [0.1, 0.15) is 5.75 Å². The fraction of sp³-hybridized carbons (Fsp3) is 0.333. The van der Waals surface area contributed by atoms with Crippen molar-refractivity contribution in [2.45, 2.75) is 32.7 Å². The highest BCUT2D eigenvalue weighted by molar-refractivity contribution is 6.12. The van der Waals surface area contributed by atoms with Crippen LogP contribution in [0.4, 0.5) is 0 Å². The predicted molar refractivity (Wildman–Crippen MR) is 84.2 cm³/mol. The van der Waals surface area contributed by atoms with E-state index in [9.17, 15) is 0 Å². The molecule has 0 atom stereocenters. The lowest BCUT2D eigenvalue weighted by atomic mass is 10.0. The van der Waals surface area contributed by atoms with Crippen LogP contribution in [0.2, 0.25) is 0 Å². The van der Waals surface area contributed by atoms with Crippen molar-refractivity contribution in [1.29, 1.82) is 0 Å². The molecular formula is C18H19NO. The van der Waals surface area contributed by atoms with E-state index in [-0.39, 0.29) is 5.54 Å². The quantitative estimate of drug-likeness (QED) is 0.687. The SMILES string of the molecule is CCOc1ccc2c3c1cccc3c1n2C(C)(C)CC=1. The van der Waals surface area contributed by atoms with E-state index in [1.807, 2.05) is 6.92 Å². The number of ether oxygens (including phenoxy) is 1. The lowest BCUT2D eigenvalue weighted by molar-refractivity contribution is 0.344. The van der Waals surface area contributed by atoms with Crippen molar-refractivity contribution in [1.82, 2.24) is 4.57 Å². The van der Waals surface area contributed by atoms with Crippen LogP contribution in [0.1, 0.15) is 27.2 Å². The maximum absolute atomic E-state index is 5.79. The summed E-state index contributed by atoms with van der Waals surface area (Å²) in [6.45, 7) is 7.36. The van der Waals surface area contributed by atoms with Crippen LogP contribution in [0.15, 0.2) is 30.3 Å². The van der Waals surface area contributed by atoms with E-state index in [4.69, 9.17) is 4.74 Å². The summed E-state index contributed by atoms with van der Waals surface area (Å²) >= 11 is 0. The Kier molecular flexibility index (Phi) is 2.24. The van der Waals surface area contributed by atoms with Crippen LogP contribution in [-0.2, 0) is 5.54 Å². The topological polar surface area (TPSA) is 14.2 Å². The van der Waals surface area contributed by atoms with Crippen molar-refractivity contribution in [3.8, 4) is 5.75 Å². The molecule has 4 rings (SSSR count). The minimum absolute atomic E-state index is 0.161. The van der Waals surface area contributed by atoms with Gasteiger partial charge >= 0.3 is 0 Å². The molecule has 0 spiro atoms. The molecule has 1 aliphatic rings. The second-order valence-corrected chi connectivity index (χ2v) is 6.19. The second kappa shape index (κ2) is 3.78. The van der Waals surface area contributed by atoms with E-state index in [1.165, 1.54) is 27.0 Å². The molecule has 0 radical (unpaired) electrons. The molecule has 0 saturated heterocycles. The minimum Gasteiger partial charge on any atom is -0.493 e. The molecule has 2 nitrogen and oxygen atoms in total. The van der Waals surface area contributed by atoms with E-state index < -0.39 is 0 Å². The number of nitrogens with zero attached hydrogens (tertiary/aromatic N) is 1. The summed E-state index contributed by atoms with van der Waals surface area (Å²) < 4.78 is 8.28. The average molecular weight is 265 g/mol. The predicted octanol–water partition coefficient (Wildman–Crippen LogP) is 3.83. The molecule has 0 N–H and O–H groups in total. The van der Waals surface area contributed by atoms with Crippen LogP contribution in [0.5, 0.6) is 5.75 Å². The molecule has 3 aromatic rings. The Morgan fingerprint density at radius 1 is 1.15 bits per heavy atom. The fourth-order valence-electron chi connectivity index (χ4n) is 3.58. The monoisotopic (exact) mass is 265 g/mol. The van der Waals surface area contributed by atoms with Crippen LogP contribution >= 0.6 is 0 Å². The molecule has 0 fully saturated rings. The molecule has 0 saturated carbocycles. The summed E-state index contributed by atoms with van der Waals surface area (Å²) in [5, 5.41) is 5.29. The zero-order valence-electron chi connectivity index (χ0n) is 12.2. The second-order valence-electron chi connectivity index (χ2n) is 6.19. The molecule has 1 aromatic heterocycles. The molecule has 2 heterocycles. The van der Waals surface area contributed by atoms with Crippen LogP contribution in [0, 0.1) is 0 Å². The van der Waals surface area contributed by atoms with Gasteiger partial charge in [-0.05, 0) is 39.3 Å². The first-order chi connectivity index (χ1) is 9.63. The number of rotatable bonds is 2. The zero-order chi connectivity index (χ0) is 13.9. The third kappa shape index (κ3) is 1.34. The van der Waals surface area contributed by atoms with Gasteiger partial charge in [0.15, 0.2) is 0 Å². The largest absolute Gasteiger partial charge is 0.493 e. The first-order valence-electron chi connectivity index (χ1n) is 7.33. The molecule has 0 aliphatic carbocycles. The van der Waals surface area contributed by atoms with E-state index in [2.05, 4.69) is 54.8 Å². The van der Waals surface area contributed by atoms with Crippen molar-refractivity contribution in [3.63, 3.8) is 0 Å². The molecule has 0 bridgehead atoms. The Labute approximate surface area is 118 Å². The van der Waals surface area contributed by atoms with Gasteiger partial charge in [0.25, 0.3) is 0 Å². The number of benzene rings is 2. The summed E-state index contributed by atoms with van der Waals surface area (Å²) in [6, 6.07) is 10.9. The maximum atomic E-state index is 5.79. The average Bonchev–Trinajstić information content (AvgIpc) is 2.92. The molecule has 0 unspecified atom stereocenters. The van der Waals surface area contributed by atoms with Gasteiger partial charge in [0.05, 0.1) is 12.1 Å². The Bertz CT molecular complexity index is 870. The van der Waals surface area contributed by atoms with Crippen molar-refractivity contribution < 1.29 is 4.74 Å². The number of aromatic nitrogens is 1. The standard InChI is InChI=1S/C18H19NO/c1-4-20-16-9-8-15-17-12(6-5-7-13(16)17)14-10-11-18(2,3)19(14)15/h5-10H,4,11H2,1-3H3. The third-order valence-corrected chi connectivity index (χ3v) is 4.44. The smallest absolute Gasteiger partial charge is 0.127 e. The van der Waals surface area contributed by atoms with Gasteiger partial charge in [0.2, 0.25) is 0 Å². The maximum Gasteiger partial charge on any atom is 0.127 e. The van der Waals surface area contributed by atoms with Gasteiger partial charge in [-0.1, -0.05) is 24.3 Å². The Morgan fingerprint density at radius 2 is 1.95 bits per heavy atom. The van der Waals surface area contributed by atoms with Gasteiger partial charge in [-0.15, -0.1) is 0 Å². The normalized spacial score (nSPS) is 16.6. The molecule has 2 heteroatoms. The third-order valence-electron chi connectivity index (χ3n) is 4.44. The highest BCUT2D eigenvalue weighted by Crippen LogP contribution is 2.37. The number of hydrogen-bond acceptors (Lipinski definition) is 1. The zero-order valence-corrected chi connectivity index (χ0v) is 12.2. The van der Waals surface area contributed by atoms with Gasteiger partial charge < -0.3 is 9.30 Å².